The molecule has 0 aliphatic carbocycles. The van der Waals surface area contributed by atoms with Gasteiger partial charge in [0.25, 0.3) is 0 Å². The van der Waals surface area contributed by atoms with Crippen LogP contribution in [-0.2, 0) is 11.3 Å². The number of nitrogens with zero attached hydrogens (tertiary/aromatic N) is 4. The van der Waals surface area contributed by atoms with Crippen LogP contribution in [0, 0.1) is 0 Å². The van der Waals surface area contributed by atoms with Gasteiger partial charge in [-0.1, -0.05) is 0 Å². The van der Waals surface area contributed by atoms with Crippen LogP contribution in [0.2, 0.25) is 0 Å². The van der Waals surface area contributed by atoms with Crippen molar-refractivity contribution in [1.82, 2.24) is 25.1 Å². The number of hydrogen-bond acceptors (Lipinski definition) is 6. The van der Waals surface area contributed by atoms with E-state index in [9.17, 15) is 4.79 Å². The van der Waals surface area contributed by atoms with Crippen molar-refractivity contribution in [2.75, 3.05) is 7.11 Å². The molecule has 0 spiro atoms. The molecule has 0 unspecified atom stereocenters. The molecule has 1 N–H and O–H groups in total. The number of carbonyl (C=O) groups is 1. The second-order valence-electron chi connectivity index (χ2n) is 5.90. The number of hydrogen-bond donors (Lipinski definition) is 1. The monoisotopic (exact) mass is 375 g/mol. The van der Waals surface area contributed by atoms with Gasteiger partial charge in [-0.25, -0.2) is 0 Å². The molecule has 3 aromatic heterocycles. The molecule has 8 heteroatoms. The van der Waals surface area contributed by atoms with Crippen LogP contribution < -0.4 is 10.1 Å². The highest BCUT2D eigenvalue weighted by atomic mass is 16.5. The standard InChI is InChI=1S/C20H17N5O3/c1-27-15-6-4-14(5-7-15)17-9-10-18-22-23-19(25(18)24-17)13-21-20(26)11-8-16-3-2-12-28-16/h2-12H,13H2,1H3,(H,21,26). The van der Waals surface area contributed by atoms with Crippen LogP contribution in [0.3, 0.4) is 0 Å². The Morgan fingerprint density at radius 2 is 2.04 bits per heavy atom. The Hall–Kier alpha value is -3.94. The van der Waals surface area contributed by atoms with E-state index in [4.69, 9.17) is 9.15 Å². The van der Waals surface area contributed by atoms with Gasteiger partial charge in [0.15, 0.2) is 11.5 Å². The Balaban J connectivity index is 1.50. The summed E-state index contributed by atoms with van der Waals surface area (Å²) in [7, 11) is 1.63. The van der Waals surface area contributed by atoms with Crippen molar-refractivity contribution in [3.63, 3.8) is 0 Å². The van der Waals surface area contributed by atoms with Gasteiger partial charge in [-0.05, 0) is 54.6 Å². The maximum absolute atomic E-state index is 12.0. The SMILES string of the molecule is COc1ccc(-c2ccc3nnc(CNC(=O)C=Cc4ccco4)n3n2)cc1. The third-order valence-electron chi connectivity index (χ3n) is 4.08. The summed E-state index contributed by atoms with van der Waals surface area (Å²) in [5, 5.41) is 15.6. The van der Waals surface area contributed by atoms with Crippen LogP contribution in [0.25, 0.3) is 23.0 Å². The summed E-state index contributed by atoms with van der Waals surface area (Å²) in [5.74, 6) is 1.65. The molecule has 0 bridgehead atoms. The molecule has 28 heavy (non-hydrogen) atoms. The van der Waals surface area contributed by atoms with Crippen molar-refractivity contribution < 1.29 is 13.9 Å². The van der Waals surface area contributed by atoms with Crippen LogP contribution in [-0.4, -0.2) is 32.8 Å². The predicted molar refractivity (Wildman–Crippen MR) is 102 cm³/mol. The molecule has 0 fully saturated rings. The normalized spacial score (nSPS) is 11.2. The van der Waals surface area contributed by atoms with Gasteiger partial charge in [0.1, 0.15) is 11.5 Å². The average Bonchev–Trinajstić information content (AvgIpc) is 3.40. The molecule has 1 aromatic carbocycles. The fourth-order valence-electron chi connectivity index (χ4n) is 2.63. The van der Waals surface area contributed by atoms with Crippen LogP contribution >= 0.6 is 0 Å². The number of benzene rings is 1. The van der Waals surface area contributed by atoms with Crippen molar-refractivity contribution in [2.45, 2.75) is 6.54 Å². The predicted octanol–water partition coefficient (Wildman–Crippen LogP) is 2.72. The minimum Gasteiger partial charge on any atom is -0.497 e. The minimum absolute atomic E-state index is 0.196. The van der Waals surface area contributed by atoms with Crippen LogP contribution in [0.5, 0.6) is 5.75 Å². The van der Waals surface area contributed by atoms with Crippen molar-refractivity contribution in [1.29, 1.82) is 0 Å². The molecule has 4 rings (SSSR count). The smallest absolute Gasteiger partial charge is 0.244 e. The summed E-state index contributed by atoms with van der Waals surface area (Å²) < 4.78 is 12.0. The van der Waals surface area contributed by atoms with Gasteiger partial charge >= 0.3 is 0 Å². The zero-order valence-corrected chi connectivity index (χ0v) is 15.1. The fourth-order valence-corrected chi connectivity index (χ4v) is 2.63. The molecule has 0 saturated carbocycles. The summed E-state index contributed by atoms with van der Waals surface area (Å²) in [6, 6.07) is 14.8. The van der Waals surface area contributed by atoms with E-state index in [0.29, 0.717) is 17.2 Å². The fraction of sp³-hybridized carbons (Fsp3) is 0.100. The zero-order chi connectivity index (χ0) is 19.3. The average molecular weight is 375 g/mol. The number of ether oxygens (including phenoxy) is 1. The maximum Gasteiger partial charge on any atom is 0.244 e. The Bertz CT molecular complexity index is 1110. The van der Waals surface area contributed by atoms with Crippen LogP contribution in [0.1, 0.15) is 11.6 Å². The Morgan fingerprint density at radius 1 is 1.18 bits per heavy atom. The highest BCUT2D eigenvalue weighted by Crippen LogP contribution is 2.20. The topological polar surface area (TPSA) is 94.6 Å². The largest absolute Gasteiger partial charge is 0.497 e. The van der Waals surface area contributed by atoms with Gasteiger partial charge in [0.2, 0.25) is 5.91 Å². The second-order valence-corrected chi connectivity index (χ2v) is 5.90. The molecule has 0 radical (unpaired) electrons. The first-order valence-electron chi connectivity index (χ1n) is 8.58. The number of amides is 1. The molecule has 0 aliphatic heterocycles. The lowest BCUT2D eigenvalue weighted by molar-refractivity contribution is -0.116. The summed E-state index contributed by atoms with van der Waals surface area (Å²) >= 11 is 0. The van der Waals surface area contributed by atoms with Gasteiger partial charge in [0.05, 0.1) is 25.6 Å². The number of fused-ring (bicyclic) bond motifs is 1. The molecule has 3 heterocycles. The van der Waals surface area contributed by atoms with E-state index in [-0.39, 0.29) is 12.5 Å². The Morgan fingerprint density at radius 3 is 2.79 bits per heavy atom. The number of rotatable bonds is 6. The summed E-state index contributed by atoms with van der Waals surface area (Å²) in [5.41, 5.74) is 2.31. The van der Waals surface area contributed by atoms with Gasteiger partial charge in [-0.3, -0.25) is 4.79 Å². The number of aromatic nitrogens is 4. The molecule has 1 amide bonds. The van der Waals surface area contributed by atoms with E-state index >= 15 is 0 Å². The van der Waals surface area contributed by atoms with Gasteiger partial charge in [-0.15, -0.1) is 10.2 Å². The molecule has 140 valence electrons. The Labute approximate surface area is 160 Å². The molecule has 0 atom stereocenters. The van der Waals surface area contributed by atoms with Crippen molar-refractivity contribution in [3.8, 4) is 17.0 Å². The lowest BCUT2D eigenvalue weighted by Gasteiger charge is -2.05. The highest BCUT2D eigenvalue weighted by molar-refractivity contribution is 5.91. The van der Waals surface area contributed by atoms with E-state index < -0.39 is 0 Å². The van der Waals surface area contributed by atoms with E-state index in [0.717, 1.165) is 17.0 Å². The van der Waals surface area contributed by atoms with Crippen molar-refractivity contribution in [3.05, 3.63) is 72.5 Å². The number of carbonyl (C=O) groups excluding carboxylic acids is 1. The Kier molecular flexibility index (Phi) is 4.83. The van der Waals surface area contributed by atoms with Gasteiger partial charge < -0.3 is 14.5 Å². The van der Waals surface area contributed by atoms with E-state index in [1.807, 2.05) is 36.4 Å². The summed E-state index contributed by atoms with van der Waals surface area (Å²) in [6.45, 7) is 0.196. The van der Waals surface area contributed by atoms with E-state index in [1.54, 1.807) is 36.1 Å². The van der Waals surface area contributed by atoms with Crippen LogP contribution in [0.4, 0.5) is 0 Å². The van der Waals surface area contributed by atoms with Gasteiger partial charge in [0, 0.05) is 11.6 Å². The first kappa shape index (κ1) is 17.5. The summed E-state index contributed by atoms with van der Waals surface area (Å²) in [6.07, 6.45) is 4.54. The maximum atomic E-state index is 12.0. The second kappa shape index (κ2) is 7.75. The molecule has 0 saturated heterocycles. The molecular weight excluding hydrogens is 358 g/mol. The lowest BCUT2D eigenvalue weighted by atomic mass is 10.1. The quantitative estimate of drug-likeness (QED) is 0.521. The van der Waals surface area contributed by atoms with Crippen molar-refractivity contribution >= 4 is 17.6 Å². The van der Waals surface area contributed by atoms with Gasteiger partial charge in [-0.2, -0.15) is 9.61 Å². The number of furan rings is 1. The number of methoxy groups -OCH3 is 1. The third-order valence-corrected chi connectivity index (χ3v) is 4.08. The van der Waals surface area contributed by atoms with E-state index in [1.165, 1.54) is 6.08 Å². The summed E-state index contributed by atoms with van der Waals surface area (Å²) in [4.78, 5) is 12.0. The van der Waals surface area contributed by atoms with Crippen molar-refractivity contribution in [2.24, 2.45) is 0 Å². The molecule has 0 aliphatic rings. The highest BCUT2D eigenvalue weighted by Gasteiger charge is 2.10. The first-order valence-corrected chi connectivity index (χ1v) is 8.58. The third kappa shape index (κ3) is 3.75. The van der Waals surface area contributed by atoms with Crippen LogP contribution in [0.15, 0.2) is 65.3 Å². The van der Waals surface area contributed by atoms with E-state index in [2.05, 4.69) is 20.6 Å². The molecule has 4 aromatic rings. The molecule has 8 nitrogen and oxygen atoms in total. The first-order chi connectivity index (χ1) is 13.7. The molecular formula is C20H17N5O3. The number of nitrogens with one attached hydrogen (secondary N) is 1. The lowest BCUT2D eigenvalue weighted by Crippen LogP contribution is -2.22. The zero-order valence-electron chi connectivity index (χ0n) is 15.1. The minimum atomic E-state index is -0.264.